The first kappa shape index (κ1) is 13.1. The number of hydrogen-bond acceptors (Lipinski definition) is 3. The maximum absolute atomic E-state index is 4.40. The Morgan fingerprint density at radius 2 is 2.00 bits per heavy atom. The molecule has 0 unspecified atom stereocenters. The van der Waals surface area contributed by atoms with Crippen LogP contribution in [0.15, 0.2) is 15.8 Å². The maximum Gasteiger partial charge on any atom is 0.135 e. The molecule has 88 valence electrons. The van der Waals surface area contributed by atoms with Crippen LogP contribution in [0, 0.1) is 0 Å². The molecule has 0 aliphatic heterocycles. The van der Waals surface area contributed by atoms with E-state index in [1.807, 2.05) is 19.0 Å². The summed E-state index contributed by atoms with van der Waals surface area (Å²) in [5.41, 5.74) is 0.688. The van der Waals surface area contributed by atoms with Gasteiger partial charge in [-0.15, -0.1) is 0 Å². The molecule has 0 aliphatic carbocycles. The fourth-order valence-corrected chi connectivity index (χ4v) is 1.35. The first-order valence-electron chi connectivity index (χ1n) is 5.04. The molecule has 0 fully saturated rings. The van der Waals surface area contributed by atoms with Gasteiger partial charge < -0.3 is 4.90 Å². The number of nitrogens with zero attached hydrogens (tertiary/aromatic N) is 4. The highest BCUT2D eigenvalue weighted by Gasteiger charge is 2.18. The summed E-state index contributed by atoms with van der Waals surface area (Å²) < 4.78 is 0.727. The van der Waals surface area contributed by atoms with Crippen LogP contribution < -0.4 is 0 Å². The van der Waals surface area contributed by atoms with Crippen LogP contribution in [-0.4, -0.2) is 35.3 Å². The zero-order valence-corrected chi connectivity index (χ0v) is 11.9. The van der Waals surface area contributed by atoms with Crippen molar-refractivity contribution in [1.82, 2.24) is 14.9 Å². The van der Waals surface area contributed by atoms with Crippen molar-refractivity contribution in [3.05, 3.63) is 16.6 Å². The van der Waals surface area contributed by atoms with Crippen LogP contribution in [0.25, 0.3) is 0 Å². The molecule has 0 radical (unpaired) electrons. The average molecular weight is 285 g/mol. The van der Waals surface area contributed by atoms with Crippen molar-refractivity contribution in [3.63, 3.8) is 0 Å². The molecule has 0 N–H and O–H groups in total. The summed E-state index contributed by atoms with van der Waals surface area (Å²) in [5.74, 6) is 0.808. The molecule has 0 bridgehead atoms. The molecule has 1 rings (SSSR count). The second-order valence-corrected chi connectivity index (χ2v) is 5.58. The molecular formula is C11H17BrN4. The van der Waals surface area contributed by atoms with E-state index in [1.165, 1.54) is 0 Å². The van der Waals surface area contributed by atoms with Gasteiger partial charge in [-0.05, 0) is 15.9 Å². The molecule has 5 heteroatoms. The molecule has 0 saturated heterocycles. The molecule has 0 atom stereocenters. The topological polar surface area (TPSA) is 41.4 Å². The monoisotopic (exact) mass is 284 g/mol. The van der Waals surface area contributed by atoms with Crippen LogP contribution in [0.5, 0.6) is 0 Å². The largest absolute Gasteiger partial charge is 0.369 e. The number of aromatic nitrogens is 2. The van der Waals surface area contributed by atoms with Gasteiger partial charge in [-0.25, -0.2) is 15.0 Å². The number of hydrogen-bond donors (Lipinski definition) is 0. The first-order valence-corrected chi connectivity index (χ1v) is 5.83. The van der Waals surface area contributed by atoms with Gasteiger partial charge in [0.2, 0.25) is 0 Å². The number of halogens is 1. The van der Waals surface area contributed by atoms with E-state index in [0.717, 1.165) is 16.1 Å². The van der Waals surface area contributed by atoms with Gasteiger partial charge in [-0.1, -0.05) is 20.8 Å². The van der Waals surface area contributed by atoms with Crippen LogP contribution in [0.4, 0.5) is 5.69 Å². The highest BCUT2D eigenvalue weighted by atomic mass is 79.9. The fraction of sp³-hybridized carbons (Fsp3) is 0.545. The highest BCUT2D eigenvalue weighted by molar-refractivity contribution is 9.10. The van der Waals surface area contributed by atoms with E-state index < -0.39 is 0 Å². The summed E-state index contributed by atoms with van der Waals surface area (Å²) in [6.45, 7) is 6.24. The predicted molar refractivity (Wildman–Crippen MR) is 70.3 cm³/mol. The summed E-state index contributed by atoms with van der Waals surface area (Å²) in [5, 5.41) is 0. The molecular weight excluding hydrogens is 268 g/mol. The van der Waals surface area contributed by atoms with Crippen molar-refractivity contribution in [2.75, 3.05) is 14.1 Å². The van der Waals surface area contributed by atoms with Gasteiger partial charge in [-0.2, -0.15) is 0 Å². The third-order valence-electron chi connectivity index (χ3n) is 1.82. The summed E-state index contributed by atoms with van der Waals surface area (Å²) in [6.07, 6.45) is 3.46. The Kier molecular flexibility index (Phi) is 4.02. The third kappa shape index (κ3) is 3.56. The van der Waals surface area contributed by atoms with E-state index in [0.29, 0.717) is 0 Å². The molecule has 4 nitrogen and oxygen atoms in total. The van der Waals surface area contributed by atoms with Crippen LogP contribution in [-0.2, 0) is 5.41 Å². The van der Waals surface area contributed by atoms with Crippen molar-refractivity contribution < 1.29 is 0 Å². The Morgan fingerprint density at radius 3 is 2.44 bits per heavy atom. The molecule has 1 aromatic rings. The quantitative estimate of drug-likeness (QED) is 0.476. The molecule has 0 aliphatic rings. The summed E-state index contributed by atoms with van der Waals surface area (Å²) in [4.78, 5) is 14.8. The van der Waals surface area contributed by atoms with Gasteiger partial charge in [-0.3, -0.25) is 0 Å². The lowest BCUT2D eigenvalue weighted by atomic mass is 9.96. The number of aliphatic imine (C=N–C) groups is 1. The van der Waals surface area contributed by atoms with Gasteiger partial charge in [0.1, 0.15) is 16.1 Å². The molecule has 0 aromatic carbocycles. The Hall–Kier alpha value is -0.970. The Labute approximate surface area is 105 Å². The molecule has 16 heavy (non-hydrogen) atoms. The van der Waals surface area contributed by atoms with Crippen LogP contribution in [0.2, 0.25) is 0 Å². The molecule has 1 heterocycles. The summed E-state index contributed by atoms with van der Waals surface area (Å²) in [7, 11) is 3.84. The standard InChI is InChI=1S/C11H17BrN4/c1-11(2,3)10-13-6-8(9(12)15-10)14-7-16(4)5/h6-7H,1-5H3/b14-7+. The lowest BCUT2D eigenvalue weighted by molar-refractivity contribution is 0.543. The van der Waals surface area contributed by atoms with Crippen molar-refractivity contribution in [2.45, 2.75) is 26.2 Å². The van der Waals surface area contributed by atoms with E-state index in [9.17, 15) is 0 Å². The highest BCUT2D eigenvalue weighted by Crippen LogP contribution is 2.25. The average Bonchev–Trinajstić information content (AvgIpc) is 2.14. The molecule has 0 saturated carbocycles. The van der Waals surface area contributed by atoms with Crippen LogP contribution in [0.3, 0.4) is 0 Å². The molecule has 0 spiro atoms. The first-order chi connectivity index (χ1) is 7.30. The second kappa shape index (κ2) is 4.91. The third-order valence-corrected chi connectivity index (χ3v) is 2.41. The minimum atomic E-state index is -0.0493. The van der Waals surface area contributed by atoms with Crippen molar-refractivity contribution >= 4 is 28.0 Å². The zero-order chi connectivity index (χ0) is 12.3. The normalized spacial score (nSPS) is 12.1. The lowest BCUT2D eigenvalue weighted by Gasteiger charge is -2.16. The maximum atomic E-state index is 4.40. The van der Waals surface area contributed by atoms with E-state index >= 15 is 0 Å². The predicted octanol–water partition coefficient (Wildman–Crippen LogP) is 2.76. The number of rotatable bonds is 2. The van der Waals surface area contributed by atoms with Gasteiger partial charge in [0.15, 0.2) is 0 Å². The van der Waals surface area contributed by atoms with Crippen molar-refractivity contribution in [1.29, 1.82) is 0 Å². The lowest BCUT2D eigenvalue weighted by Crippen LogP contribution is -2.15. The summed E-state index contributed by atoms with van der Waals surface area (Å²) in [6, 6.07) is 0. The van der Waals surface area contributed by atoms with Gasteiger partial charge >= 0.3 is 0 Å². The van der Waals surface area contributed by atoms with Gasteiger partial charge in [0.25, 0.3) is 0 Å². The van der Waals surface area contributed by atoms with Crippen LogP contribution in [0.1, 0.15) is 26.6 Å². The van der Waals surface area contributed by atoms with Gasteiger partial charge in [0, 0.05) is 19.5 Å². The second-order valence-electron chi connectivity index (χ2n) is 4.83. The minimum absolute atomic E-state index is 0.0493. The SMILES string of the molecule is CN(C)/C=N/c1cnc(C(C)(C)C)nc1Br. The van der Waals surface area contributed by atoms with Crippen molar-refractivity contribution in [2.24, 2.45) is 4.99 Å². The Balaban J connectivity index is 3.01. The smallest absolute Gasteiger partial charge is 0.135 e. The zero-order valence-electron chi connectivity index (χ0n) is 10.3. The van der Waals surface area contributed by atoms with E-state index in [1.54, 1.807) is 12.5 Å². The molecule has 0 amide bonds. The summed E-state index contributed by atoms with van der Waals surface area (Å²) >= 11 is 3.41. The van der Waals surface area contributed by atoms with Crippen molar-refractivity contribution in [3.8, 4) is 0 Å². The van der Waals surface area contributed by atoms with Gasteiger partial charge in [0.05, 0.1) is 12.5 Å². The van der Waals surface area contributed by atoms with Crippen LogP contribution >= 0.6 is 15.9 Å². The fourth-order valence-electron chi connectivity index (χ4n) is 0.980. The van der Waals surface area contributed by atoms with E-state index in [4.69, 9.17) is 0 Å². The Bertz CT molecular complexity index is 393. The Morgan fingerprint density at radius 1 is 1.38 bits per heavy atom. The molecule has 1 aromatic heterocycles. The minimum Gasteiger partial charge on any atom is -0.369 e. The van der Waals surface area contributed by atoms with E-state index in [2.05, 4.69) is 51.7 Å². The van der Waals surface area contributed by atoms with E-state index in [-0.39, 0.29) is 5.41 Å².